The average Bonchev–Trinajstić information content (AvgIpc) is 3.13. The average molecular weight is 399 g/mol. The molecule has 0 fully saturated rings. The lowest BCUT2D eigenvalue weighted by Gasteiger charge is -2.38. The number of fused-ring (bicyclic) bond motifs is 1. The summed E-state index contributed by atoms with van der Waals surface area (Å²) in [5.74, 6) is 0.499. The van der Waals surface area contributed by atoms with Crippen molar-refractivity contribution in [2.75, 3.05) is 19.6 Å². The third-order valence-electron chi connectivity index (χ3n) is 5.52. The third kappa shape index (κ3) is 4.46. The molecule has 2 heterocycles. The lowest BCUT2D eigenvalue weighted by molar-refractivity contribution is -0.140. The highest BCUT2D eigenvalue weighted by Crippen LogP contribution is 2.38. The van der Waals surface area contributed by atoms with Crippen molar-refractivity contribution in [3.05, 3.63) is 57.3 Å². The Morgan fingerprint density at radius 1 is 1.21 bits per heavy atom. The highest BCUT2D eigenvalue weighted by molar-refractivity contribution is 7.10. The largest absolute Gasteiger partial charge is 0.334 e. The zero-order valence-electron chi connectivity index (χ0n) is 17.3. The number of hydrogen-bond acceptors (Lipinski definition) is 3. The van der Waals surface area contributed by atoms with Crippen LogP contribution in [0.1, 0.15) is 54.8 Å². The quantitative estimate of drug-likeness (QED) is 0.722. The molecule has 1 aliphatic rings. The number of carbonyl (C=O) groups is 2. The van der Waals surface area contributed by atoms with Crippen molar-refractivity contribution in [2.24, 2.45) is 5.92 Å². The van der Waals surface area contributed by atoms with Gasteiger partial charge in [0.1, 0.15) is 0 Å². The Balaban J connectivity index is 1.87. The number of benzene rings is 1. The Kier molecular flexibility index (Phi) is 6.55. The highest BCUT2D eigenvalue weighted by Gasteiger charge is 2.34. The van der Waals surface area contributed by atoms with Crippen LogP contribution in [-0.2, 0) is 16.0 Å². The van der Waals surface area contributed by atoms with E-state index in [1.54, 1.807) is 23.2 Å². The molecule has 150 valence electrons. The van der Waals surface area contributed by atoms with Gasteiger partial charge in [-0.25, -0.2) is 0 Å². The molecule has 0 N–H and O–H groups in total. The summed E-state index contributed by atoms with van der Waals surface area (Å²) in [4.78, 5) is 30.4. The van der Waals surface area contributed by atoms with E-state index in [1.807, 2.05) is 17.0 Å². The molecular formula is C23H30N2O2S. The summed E-state index contributed by atoms with van der Waals surface area (Å²) in [7, 11) is 0. The number of hydrogen-bond donors (Lipinski definition) is 0. The Morgan fingerprint density at radius 3 is 2.64 bits per heavy atom. The molecule has 2 aromatic rings. The van der Waals surface area contributed by atoms with Crippen LogP contribution >= 0.6 is 11.3 Å². The van der Waals surface area contributed by atoms with Crippen molar-refractivity contribution in [3.8, 4) is 0 Å². The van der Waals surface area contributed by atoms with Gasteiger partial charge >= 0.3 is 0 Å². The van der Waals surface area contributed by atoms with Crippen LogP contribution < -0.4 is 0 Å². The first-order valence-corrected chi connectivity index (χ1v) is 10.9. The maximum Gasteiger partial charge on any atom is 0.242 e. The lowest BCUT2D eigenvalue weighted by atomic mass is 9.90. The van der Waals surface area contributed by atoms with Crippen LogP contribution in [0.3, 0.4) is 0 Å². The van der Waals surface area contributed by atoms with E-state index in [1.165, 1.54) is 21.6 Å². The summed E-state index contributed by atoms with van der Waals surface area (Å²) in [6.45, 7) is 9.41. The topological polar surface area (TPSA) is 40.6 Å². The van der Waals surface area contributed by atoms with E-state index in [2.05, 4.69) is 44.4 Å². The van der Waals surface area contributed by atoms with Crippen molar-refractivity contribution in [2.45, 2.75) is 46.6 Å². The number of rotatable bonds is 6. The van der Waals surface area contributed by atoms with E-state index >= 15 is 0 Å². The minimum Gasteiger partial charge on any atom is -0.334 e. The first-order valence-electron chi connectivity index (χ1n) is 10.0. The van der Waals surface area contributed by atoms with Gasteiger partial charge in [-0.3, -0.25) is 9.59 Å². The molecular weight excluding hydrogens is 368 g/mol. The molecule has 1 aliphatic heterocycles. The van der Waals surface area contributed by atoms with Gasteiger partial charge in [0.25, 0.3) is 0 Å². The van der Waals surface area contributed by atoms with Gasteiger partial charge in [-0.05, 0) is 53.8 Å². The van der Waals surface area contributed by atoms with E-state index in [0.717, 1.165) is 12.8 Å². The Morgan fingerprint density at radius 2 is 1.96 bits per heavy atom. The number of amides is 2. The molecule has 0 unspecified atom stereocenters. The van der Waals surface area contributed by atoms with Gasteiger partial charge in [0.2, 0.25) is 11.8 Å². The fourth-order valence-corrected chi connectivity index (χ4v) is 4.73. The number of carbonyl (C=O) groups excluding carboxylic acids is 2. The SMILES string of the molecule is CC(=O)N(CCC(C)C)CC(=O)N1CCc2sccc2[C@H]1c1ccccc1C. The van der Waals surface area contributed by atoms with E-state index in [4.69, 9.17) is 0 Å². The smallest absolute Gasteiger partial charge is 0.242 e. The number of aryl methyl sites for hydroxylation is 1. The Labute approximate surface area is 172 Å². The van der Waals surface area contributed by atoms with E-state index in [0.29, 0.717) is 19.0 Å². The Bertz CT molecular complexity index is 843. The van der Waals surface area contributed by atoms with Gasteiger partial charge in [0.15, 0.2) is 0 Å². The molecule has 0 saturated heterocycles. The predicted molar refractivity (Wildman–Crippen MR) is 114 cm³/mol. The van der Waals surface area contributed by atoms with Crippen LogP contribution in [0.5, 0.6) is 0 Å². The molecule has 0 radical (unpaired) electrons. The fraction of sp³-hybridized carbons (Fsp3) is 0.478. The first kappa shape index (κ1) is 20.6. The molecule has 1 aromatic carbocycles. The standard InChI is InChI=1S/C23H30N2O2S/c1-16(2)9-12-24(18(4)26)15-22(27)25-13-10-21-20(11-14-28-21)23(25)19-8-6-5-7-17(19)3/h5-8,11,14,16,23H,9-10,12-13,15H2,1-4H3/t23-/m1/s1. The maximum absolute atomic E-state index is 13.3. The van der Waals surface area contributed by atoms with Crippen LogP contribution in [-0.4, -0.2) is 41.2 Å². The number of nitrogens with zero attached hydrogens (tertiary/aromatic N) is 2. The normalized spacial score (nSPS) is 16.2. The number of thiophene rings is 1. The summed E-state index contributed by atoms with van der Waals surface area (Å²) in [5.41, 5.74) is 3.59. The molecule has 28 heavy (non-hydrogen) atoms. The van der Waals surface area contributed by atoms with E-state index in [-0.39, 0.29) is 24.4 Å². The minimum atomic E-state index is -0.0670. The van der Waals surface area contributed by atoms with Gasteiger partial charge in [-0.15, -0.1) is 11.3 Å². The van der Waals surface area contributed by atoms with Gasteiger partial charge < -0.3 is 9.80 Å². The van der Waals surface area contributed by atoms with Gasteiger partial charge in [-0.1, -0.05) is 38.1 Å². The molecule has 1 atom stereocenters. The maximum atomic E-state index is 13.3. The second-order valence-corrected chi connectivity index (χ2v) is 9.02. The van der Waals surface area contributed by atoms with Crippen LogP contribution in [0.25, 0.3) is 0 Å². The first-order chi connectivity index (χ1) is 13.4. The van der Waals surface area contributed by atoms with Gasteiger partial charge in [0, 0.05) is 24.9 Å². The molecule has 0 aliphatic carbocycles. The van der Waals surface area contributed by atoms with E-state index in [9.17, 15) is 9.59 Å². The summed E-state index contributed by atoms with van der Waals surface area (Å²) < 4.78 is 0. The van der Waals surface area contributed by atoms with Crippen LogP contribution in [0, 0.1) is 12.8 Å². The molecule has 3 rings (SSSR count). The summed E-state index contributed by atoms with van der Waals surface area (Å²) in [6, 6.07) is 10.4. The van der Waals surface area contributed by atoms with Crippen LogP contribution in [0.4, 0.5) is 0 Å². The van der Waals surface area contributed by atoms with Crippen molar-refractivity contribution in [1.29, 1.82) is 0 Å². The summed E-state index contributed by atoms with van der Waals surface area (Å²) in [6.07, 6.45) is 1.79. The zero-order valence-corrected chi connectivity index (χ0v) is 18.1. The Hall–Kier alpha value is -2.14. The fourth-order valence-electron chi connectivity index (χ4n) is 3.83. The molecule has 2 amide bonds. The van der Waals surface area contributed by atoms with Crippen molar-refractivity contribution in [3.63, 3.8) is 0 Å². The summed E-state index contributed by atoms with van der Waals surface area (Å²) >= 11 is 1.77. The third-order valence-corrected chi connectivity index (χ3v) is 6.51. The van der Waals surface area contributed by atoms with Crippen molar-refractivity contribution >= 4 is 23.2 Å². The molecule has 1 aromatic heterocycles. The van der Waals surface area contributed by atoms with Crippen LogP contribution in [0.15, 0.2) is 35.7 Å². The lowest BCUT2D eigenvalue weighted by Crippen LogP contribution is -2.46. The molecule has 0 spiro atoms. The second kappa shape index (κ2) is 8.91. The van der Waals surface area contributed by atoms with Gasteiger partial charge in [-0.2, -0.15) is 0 Å². The van der Waals surface area contributed by atoms with Crippen molar-refractivity contribution < 1.29 is 9.59 Å². The van der Waals surface area contributed by atoms with Crippen molar-refractivity contribution in [1.82, 2.24) is 9.80 Å². The van der Waals surface area contributed by atoms with Gasteiger partial charge in [0.05, 0.1) is 12.6 Å². The predicted octanol–water partition coefficient (Wildman–Crippen LogP) is 4.43. The molecule has 0 saturated carbocycles. The second-order valence-electron chi connectivity index (χ2n) is 8.02. The van der Waals surface area contributed by atoms with E-state index < -0.39 is 0 Å². The highest BCUT2D eigenvalue weighted by atomic mass is 32.1. The summed E-state index contributed by atoms with van der Waals surface area (Å²) in [5, 5.41) is 2.12. The van der Waals surface area contributed by atoms with Crippen LogP contribution in [0.2, 0.25) is 0 Å². The molecule has 5 heteroatoms. The monoisotopic (exact) mass is 398 g/mol. The zero-order chi connectivity index (χ0) is 20.3. The minimum absolute atomic E-state index is 0.0315. The molecule has 4 nitrogen and oxygen atoms in total. The molecule has 0 bridgehead atoms.